The number of para-hydroxylation sites is 1. The number of carbonyl (C=O) groups is 1. The van der Waals surface area contributed by atoms with Crippen LogP contribution >= 0.6 is 0 Å². The maximum absolute atomic E-state index is 12.2. The molecule has 0 aliphatic rings. The molecular formula is C20H23N2O2+. The Kier molecular flexibility index (Phi) is 4.96. The van der Waals surface area contributed by atoms with Crippen LogP contribution in [-0.2, 0) is 4.79 Å². The fourth-order valence-corrected chi connectivity index (χ4v) is 2.76. The van der Waals surface area contributed by atoms with Crippen LogP contribution in [0.3, 0.4) is 0 Å². The Morgan fingerprint density at radius 1 is 1.08 bits per heavy atom. The van der Waals surface area contributed by atoms with Crippen molar-refractivity contribution in [1.29, 1.82) is 0 Å². The minimum Gasteiger partial charge on any atom is -0.459 e. The Hall–Kier alpha value is -2.59. The summed E-state index contributed by atoms with van der Waals surface area (Å²) < 4.78 is 5.80. The van der Waals surface area contributed by atoms with Crippen LogP contribution in [-0.4, -0.2) is 12.5 Å². The smallest absolute Gasteiger partial charge is 0.275 e. The highest BCUT2D eigenvalue weighted by Gasteiger charge is 2.16. The van der Waals surface area contributed by atoms with E-state index >= 15 is 0 Å². The van der Waals surface area contributed by atoms with Gasteiger partial charge >= 0.3 is 0 Å². The van der Waals surface area contributed by atoms with Crippen molar-refractivity contribution in [3.05, 3.63) is 72.0 Å². The van der Waals surface area contributed by atoms with Crippen molar-refractivity contribution < 1.29 is 14.5 Å². The number of hydrogen-bond donors (Lipinski definition) is 2. The summed E-state index contributed by atoms with van der Waals surface area (Å²) in [6, 6.07) is 20.1. The van der Waals surface area contributed by atoms with Gasteiger partial charge < -0.3 is 15.1 Å². The summed E-state index contributed by atoms with van der Waals surface area (Å²) in [4.78, 5) is 12.2. The maximum Gasteiger partial charge on any atom is 0.275 e. The molecule has 0 aliphatic carbocycles. The lowest BCUT2D eigenvalue weighted by atomic mass is 10.1. The van der Waals surface area contributed by atoms with E-state index in [1.165, 1.54) is 5.56 Å². The van der Waals surface area contributed by atoms with Gasteiger partial charge in [-0.15, -0.1) is 0 Å². The normalized spacial score (nSPS) is 13.6. The van der Waals surface area contributed by atoms with Crippen molar-refractivity contribution in [3.63, 3.8) is 0 Å². The van der Waals surface area contributed by atoms with Gasteiger partial charge in [0.1, 0.15) is 17.4 Å². The molecule has 0 spiro atoms. The van der Waals surface area contributed by atoms with E-state index in [2.05, 4.69) is 24.4 Å². The van der Waals surface area contributed by atoms with Crippen LogP contribution in [0.2, 0.25) is 0 Å². The number of benzene rings is 2. The molecule has 124 valence electrons. The molecule has 3 rings (SSSR count). The van der Waals surface area contributed by atoms with Gasteiger partial charge in [-0.2, -0.15) is 0 Å². The van der Waals surface area contributed by atoms with Crippen LogP contribution in [0.15, 0.2) is 65.1 Å². The van der Waals surface area contributed by atoms with E-state index in [0.717, 1.165) is 16.7 Å². The quantitative estimate of drug-likeness (QED) is 0.733. The van der Waals surface area contributed by atoms with Crippen LogP contribution in [0.25, 0.3) is 11.0 Å². The van der Waals surface area contributed by atoms with Gasteiger partial charge in [0.25, 0.3) is 5.91 Å². The van der Waals surface area contributed by atoms with Gasteiger partial charge in [0.05, 0.1) is 6.04 Å². The molecule has 1 heterocycles. The van der Waals surface area contributed by atoms with E-state index in [-0.39, 0.29) is 18.0 Å². The summed E-state index contributed by atoms with van der Waals surface area (Å²) in [5.41, 5.74) is 2.06. The molecule has 4 nitrogen and oxygen atoms in total. The molecule has 2 atom stereocenters. The second kappa shape index (κ2) is 7.32. The van der Waals surface area contributed by atoms with Gasteiger partial charge in [-0.1, -0.05) is 48.5 Å². The summed E-state index contributed by atoms with van der Waals surface area (Å²) in [6.07, 6.45) is 0. The van der Waals surface area contributed by atoms with Crippen LogP contribution in [0.1, 0.15) is 37.3 Å². The summed E-state index contributed by atoms with van der Waals surface area (Å²) in [5, 5.41) is 6.09. The number of nitrogens with two attached hydrogens (primary N) is 1. The zero-order valence-corrected chi connectivity index (χ0v) is 14.0. The molecule has 0 bridgehead atoms. The van der Waals surface area contributed by atoms with Gasteiger partial charge in [0.2, 0.25) is 0 Å². The monoisotopic (exact) mass is 323 g/mol. The SMILES string of the molecule is C[C@H](NC(=O)C[NH2+][C@@H](C)c1ccccc1)c1cc2ccccc2o1. The van der Waals surface area contributed by atoms with Gasteiger partial charge in [-0.25, -0.2) is 0 Å². The Bertz CT molecular complexity index is 778. The van der Waals surface area contributed by atoms with Crippen molar-refractivity contribution in [2.24, 2.45) is 0 Å². The number of fused-ring (bicyclic) bond motifs is 1. The van der Waals surface area contributed by atoms with E-state index in [9.17, 15) is 4.79 Å². The lowest BCUT2D eigenvalue weighted by Crippen LogP contribution is -2.87. The van der Waals surface area contributed by atoms with Gasteiger partial charge in [0, 0.05) is 10.9 Å². The van der Waals surface area contributed by atoms with Crippen molar-refractivity contribution in [3.8, 4) is 0 Å². The third-order valence-corrected chi connectivity index (χ3v) is 4.23. The minimum atomic E-state index is -0.148. The third kappa shape index (κ3) is 3.84. The highest BCUT2D eigenvalue weighted by molar-refractivity contribution is 5.79. The first-order valence-corrected chi connectivity index (χ1v) is 8.29. The van der Waals surface area contributed by atoms with E-state index in [4.69, 9.17) is 4.42 Å². The number of furan rings is 1. The summed E-state index contributed by atoms with van der Waals surface area (Å²) in [6.45, 7) is 4.43. The first kappa shape index (κ1) is 16.3. The Morgan fingerprint density at radius 2 is 1.79 bits per heavy atom. The van der Waals surface area contributed by atoms with E-state index in [1.807, 2.05) is 60.8 Å². The molecule has 0 aliphatic heterocycles. The fourth-order valence-electron chi connectivity index (χ4n) is 2.76. The number of amides is 1. The molecule has 0 unspecified atom stereocenters. The molecule has 3 N–H and O–H groups in total. The van der Waals surface area contributed by atoms with Crippen molar-refractivity contribution in [2.75, 3.05) is 6.54 Å². The second-order valence-corrected chi connectivity index (χ2v) is 6.11. The fraction of sp³-hybridized carbons (Fsp3) is 0.250. The molecule has 4 heteroatoms. The predicted octanol–water partition coefficient (Wildman–Crippen LogP) is 2.93. The topological polar surface area (TPSA) is 58.9 Å². The van der Waals surface area contributed by atoms with E-state index < -0.39 is 0 Å². The Morgan fingerprint density at radius 3 is 2.54 bits per heavy atom. The zero-order chi connectivity index (χ0) is 16.9. The summed E-state index contributed by atoms with van der Waals surface area (Å²) >= 11 is 0. The maximum atomic E-state index is 12.2. The van der Waals surface area contributed by atoms with Crippen LogP contribution in [0.4, 0.5) is 0 Å². The first-order chi connectivity index (χ1) is 11.6. The highest BCUT2D eigenvalue weighted by Crippen LogP contribution is 2.23. The van der Waals surface area contributed by atoms with Gasteiger partial charge in [0.15, 0.2) is 6.54 Å². The molecule has 1 aromatic heterocycles. The average molecular weight is 323 g/mol. The second-order valence-electron chi connectivity index (χ2n) is 6.11. The molecule has 1 amide bonds. The largest absolute Gasteiger partial charge is 0.459 e. The molecule has 3 aromatic rings. The van der Waals surface area contributed by atoms with Gasteiger partial charge in [-0.05, 0) is 26.0 Å². The molecule has 2 aromatic carbocycles. The summed E-state index contributed by atoms with van der Waals surface area (Å²) in [5.74, 6) is 0.784. The van der Waals surface area contributed by atoms with Crippen LogP contribution in [0.5, 0.6) is 0 Å². The minimum absolute atomic E-state index is 0.00531. The van der Waals surface area contributed by atoms with Crippen LogP contribution in [0, 0.1) is 0 Å². The first-order valence-electron chi connectivity index (χ1n) is 8.29. The molecule has 0 radical (unpaired) electrons. The van der Waals surface area contributed by atoms with E-state index in [0.29, 0.717) is 6.54 Å². The molecular weight excluding hydrogens is 300 g/mol. The van der Waals surface area contributed by atoms with Crippen molar-refractivity contribution in [1.82, 2.24) is 5.32 Å². The van der Waals surface area contributed by atoms with Crippen molar-refractivity contribution in [2.45, 2.75) is 25.9 Å². The summed E-state index contributed by atoms with van der Waals surface area (Å²) in [7, 11) is 0. The average Bonchev–Trinajstić information content (AvgIpc) is 3.05. The van der Waals surface area contributed by atoms with E-state index in [1.54, 1.807) is 0 Å². The highest BCUT2D eigenvalue weighted by atomic mass is 16.3. The number of nitrogens with one attached hydrogen (secondary N) is 1. The number of carbonyl (C=O) groups excluding carboxylic acids is 1. The standard InChI is InChI=1S/C20H22N2O2/c1-14(16-8-4-3-5-9-16)21-13-20(23)22-15(2)19-12-17-10-6-7-11-18(17)24-19/h3-12,14-15,21H,13H2,1-2H3,(H,22,23)/p+1/t14-,15-/m0/s1. The molecule has 0 saturated heterocycles. The third-order valence-electron chi connectivity index (χ3n) is 4.23. The molecule has 0 saturated carbocycles. The zero-order valence-electron chi connectivity index (χ0n) is 14.0. The lowest BCUT2D eigenvalue weighted by molar-refractivity contribution is -0.682. The van der Waals surface area contributed by atoms with Gasteiger partial charge in [-0.3, -0.25) is 4.79 Å². The van der Waals surface area contributed by atoms with Crippen molar-refractivity contribution >= 4 is 16.9 Å². The Labute approximate surface area is 141 Å². The molecule has 0 fully saturated rings. The Balaban J connectivity index is 1.54. The number of quaternary nitrogens is 1. The van der Waals surface area contributed by atoms with Crippen LogP contribution < -0.4 is 10.6 Å². The predicted molar refractivity (Wildman–Crippen MR) is 94.4 cm³/mol. The lowest BCUT2D eigenvalue weighted by Gasteiger charge is -2.13. The molecule has 24 heavy (non-hydrogen) atoms. The number of rotatable bonds is 6. The number of hydrogen-bond acceptors (Lipinski definition) is 2.